The summed E-state index contributed by atoms with van der Waals surface area (Å²) in [6, 6.07) is 3.41. The zero-order valence-corrected chi connectivity index (χ0v) is 10.1. The molecule has 2 N–H and O–H groups in total. The van der Waals surface area contributed by atoms with E-state index in [2.05, 4.69) is 27.1 Å². The van der Waals surface area contributed by atoms with Gasteiger partial charge in [0.25, 0.3) is 5.91 Å². The second-order valence-corrected chi connectivity index (χ2v) is 4.25. The summed E-state index contributed by atoms with van der Waals surface area (Å²) in [5.74, 6) is 5.42. The predicted octanol–water partition coefficient (Wildman–Crippen LogP) is 1.13. The second kappa shape index (κ2) is 5.91. The summed E-state index contributed by atoms with van der Waals surface area (Å²) < 4.78 is 0. The Kier molecular flexibility index (Phi) is 4.02. The first-order chi connectivity index (χ1) is 8.79. The van der Waals surface area contributed by atoms with Crippen molar-refractivity contribution in [3.05, 3.63) is 40.5 Å². The van der Waals surface area contributed by atoms with Crippen LogP contribution in [0.5, 0.6) is 0 Å². The Bertz CT molecular complexity index is 599. The van der Waals surface area contributed by atoms with Gasteiger partial charge in [0.15, 0.2) is 5.82 Å². The molecule has 18 heavy (non-hydrogen) atoms. The third kappa shape index (κ3) is 3.13. The summed E-state index contributed by atoms with van der Waals surface area (Å²) in [5.41, 5.74) is 0. The van der Waals surface area contributed by atoms with Crippen molar-refractivity contribution in [1.82, 2.24) is 9.97 Å². The lowest BCUT2D eigenvalue weighted by molar-refractivity contribution is 0.103. The smallest absolute Gasteiger partial charge is 0.266 e. The number of hydrogen-bond acceptors (Lipinski definition) is 5. The van der Waals surface area contributed by atoms with Gasteiger partial charge in [0.1, 0.15) is 6.61 Å². The average Bonchev–Trinajstić information content (AvgIpc) is 2.86. The van der Waals surface area contributed by atoms with Gasteiger partial charge in [0, 0.05) is 12.4 Å². The molecular formula is C12H9N3O2S. The largest absolute Gasteiger partial charge is 0.384 e. The highest BCUT2D eigenvalue weighted by molar-refractivity contribution is 7.14. The Hall–Kier alpha value is -2.23. The standard InChI is InChI=1S/C12H9N3O2S/c16-7-1-2-9-3-4-10(18-9)12(17)15-11-8-13-5-6-14-11/h3-6,8,16H,7H2,(H,14,15,17). The maximum atomic E-state index is 11.8. The molecule has 0 aliphatic rings. The number of aromatic nitrogens is 2. The Labute approximate surface area is 108 Å². The predicted molar refractivity (Wildman–Crippen MR) is 68.3 cm³/mol. The number of nitrogens with one attached hydrogen (secondary N) is 1. The van der Waals surface area contributed by atoms with Crippen molar-refractivity contribution in [2.24, 2.45) is 0 Å². The van der Waals surface area contributed by atoms with Crippen LogP contribution in [0.15, 0.2) is 30.7 Å². The van der Waals surface area contributed by atoms with Crippen molar-refractivity contribution in [1.29, 1.82) is 0 Å². The van der Waals surface area contributed by atoms with Crippen LogP contribution >= 0.6 is 11.3 Å². The first-order valence-electron chi connectivity index (χ1n) is 5.06. The minimum absolute atomic E-state index is 0.195. The van der Waals surface area contributed by atoms with Gasteiger partial charge in [0.05, 0.1) is 16.0 Å². The number of rotatable bonds is 2. The van der Waals surface area contributed by atoms with Gasteiger partial charge < -0.3 is 10.4 Å². The van der Waals surface area contributed by atoms with Crippen molar-refractivity contribution < 1.29 is 9.90 Å². The summed E-state index contributed by atoms with van der Waals surface area (Å²) in [6.45, 7) is -0.195. The Morgan fingerprint density at radius 1 is 1.44 bits per heavy atom. The van der Waals surface area contributed by atoms with Gasteiger partial charge >= 0.3 is 0 Å². The molecule has 2 aromatic rings. The monoisotopic (exact) mass is 259 g/mol. The lowest BCUT2D eigenvalue weighted by atomic mass is 10.4. The van der Waals surface area contributed by atoms with Gasteiger partial charge in [-0.05, 0) is 12.1 Å². The number of carbonyl (C=O) groups excluding carboxylic acids is 1. The van der Waals surface area contributed by atoms with E-state index in [9.17, 15) is 4.79 Å². The minimum atomic E-state index is -0.252. The normalized spacial score (nSPS) is 9.39. The fourth-order valence-corrected chi connectivity index (χ4v) is 1.97. The number of hydrogen-bond donors (Lipinski definition) is 2. The molecule has 0 fully saturated rings. The van der Waals surface area contributed by atoms with Gasteiger partial charge in [-0.15, -0.1) is 11.3 Å². The molecule has 0 radical (unpaired) electrons. The maximum Gasteiger partial charge on any atom is 0.266 e. The van der Waals surface area contributed by atoms with Crippen molar-refractivity contribution >= 4 is 23.1 Å². The topological polar surface area (TPSA) is 75.1 Å². The maximum absolute atomic E-state index is 11.8. The summed E-state index contributed by atoms with van der Waals surface area (Å²) in [5, 5.41) is 11.2. The van der Waals surface area contributed by atoms with E-state index in [-0.39, 0.29) is 12.5 Å². The molecule has 0 saturated heterocycles. The van der Waals surface area contributed by atoms with E-state index in [4.69, 9.17) is 5.11 Å². The highest BCUT2D eigenvalue weighted by Crippen LogP contribution is 2.16. The number of thiophene rings is 1. The van der Waals surface area contributed by atoms with Crippen LogP contribution < -0.4 is 5.32 Å². The first-order valence-corrected chi connectivity index (χ1v) is 5.88. The van der Waals surface area contributed by atoms with Crippen LogP contribution in [0.1, 0.15) is 14.5 Å². The van der Waals surface area contributed by atoms with Crippen molar-refractivity contribution in [2.75, 3.05) is 11.9 Å². The fraction of sp³-hybridized carbons (Fsp3) is 0.0833. The third-order valence-electron chi connectivity index (χ3n) is 1.93. The quantitative estimate of drug-likeness (QED) is 0.793. The molecule has 0 unspecified atom stereocenters. The summed E-state index contributed by atoms with van der Waals surface area (Å²) >= 11 is 1.26. The SMILES string of the molecule is O=C(Nc1cnccn1)c1ccc(C#CCO)s1. The highest BCUT2D eigenvalue weighted by Gasteiger charge is 2.09. The number of carbonyl (C=O) groups is 1. The number of amides is 1. The molecule has 90 valence electrons. The summed E-state index contributed by atoms with van der Waals surface area (Å²) in [7, 11) is 0. The fourth-order valence-electron chi connectivity index (χ4n) is 1.20. The van der Waals surface area contributed by atoms with E-state index in [0.717, 1.165) is 4.88 Å². The molecule has 0 aliphatic carbocycles. The van der Waals surface area contributed by atoms with Crippen LogP contribution in [0.4, 0.5) is 5.82 Å². The van der Waals surface area contributed by atoms with E-state index in [1.165, 1.54) is 29.9 Å². The van der Waals surface area contributed by atoms with Crippen molar-refractivity contribution in [3.63, 3.8) is 0 Å². The van der Waals surface area contributed by atoms with Crippen molar-refractivity contribution in [3.8, 4) is 11.8 Å². The highest BCUT2D eigenvalue weighted by atomic mass is 32.1. The first kappa shape index (κ1) is 12.2. The number of aliphatic hydroxyl groups is 1. The molecule has 0 saturated carbocycles. The van der Waals surface area contributed by atoms with Gasteiger partial charge in [-0.3, -0.25) is 9.78 Å². The summed E-state index contributed by atoms with van der Waals surface area (Å²) in [6.07, 6.45) is 4.50. The van der Waals surface area contributed by atoms with Crippen LogP contribution in [0.3, 0.4) is 0 Å². The Balaban J connectivity index is 2.08. The molecule has 0 spiro atoms. The van der Waals surface area contributed by atoms with E-state index >= 15 is 0 Å². The van der Waals surface area contributed by atoms with Gasteiger partial charge in [-0.2, -0.15) is 0 Å². The molecule has 2 rings (SSSR count). The van der Waals surface area contributed by atoms with E-state index in [0.29, 0.717) is 10.7 Å². The van der Waals surface area contributed by atoms with Crippen LogP contribution in [0.2, 0.25) is 0 Å². The van der Waals surface area contributed by atoms with Crippen LogP contribution in [0.25, 0.3) is 0 Å². The molecule has 5 nitrogen and oxygen atoms in total. The van der Waals surface area contributed by atoms with Crippen LogP contribution in [-0.2, 0) is 0 Å². The number of aliphatic hydroxyl groups excluding tert-OH is 1. The second-order valence-electron chi connectivity index (χ2n) is 3.17. The molecule has 6 heteroatoms. The third-order valence-corrected chi connectivity index (χ3v) is 2.92. The minimum Gasteiger partial charge on any atom is -0.384 e. The molecule has 0 bridgehead atoms. The zero-order chi connectivity index (χ0) is 12.8. The van der Waals surface area contributed by atoms with E-state index in [1.807, 2.05) is 0 Å². The van der Waals surface area contributed by atoms with Crippen molar-refractivity contribution in [2.45, 2.75) is 0 Å². The van der Waals surface area contributed by atoms with E-state index in [1.54, 1.807) is 12.1 Å². The lowest BCUT2D eigenvalue weighted by Crippen LogP contribution is -2.11. The molecule has 0 atom stereocenters. The van der Waals surface area contributed by atoms with Crippen LogP contribution in [-0.4, -0.2) is 27.6 Å². The summed E-state index contributed by atoms with van der Waals surface area (Å²) in [4.78, 5) is 20.9. The molecule has 0 aromatic carbocycles. The lowest BCUT2D eigenvalue weighted by Gasteiger charge is -2.00. The molecule has 1 amide bonds. The molecule has 2 aromatic heterocycles. The average molecular weight is 259 g/mol. The zero-order valence-electron chi connectivity index (χ0n) is 9.25. The van der Waals surface area contributed by atoms with Gasteiger partial charge in [0.2, 0.25) is 0 Å². The molecule has 2 heterocycles. The molecule has 0 aliphatic heterocycles. The molecular weight excluding hydrogens is 250 g/mol. The van der Waals surface area contributed by atoms with E-state index < -0.39 is 0 Å². The Morgan fingerprint density at radius 2 is 2.33 bits per heavy atom. The van der Waals surface area contributed by atoms with Gasteiger partial charge in [-0.25, -0.2) is 4.98 Å². The number of nitrogens with zero attached hydrogens (tertiary/aromatic N) is 2. The number of anilines is 1. The van der Waals surface area contributed by atoms with Crippen LogP contribution in [0, 0.1) is 11.8 Å². The van der Waals surface area contributed by atoms with Gasteiger partial charge in [-0.1, -0.05) is 11.8 Å². The Morgan fingerprint density at radius 3 is 3.06 bits per heavy atom.